The smallest absolute Gasteiger partial charge is 0.252 e. The van der Waals surface area contributed by atoms with Crippen LogP contribution >= 0.6 is 11.6 Å². The van der Waals surface area contributed by atoms with E-state index in [-0.39, 0.29) is 30.8 Å². The maximum Gasteiger partial charge on any atom is 0.252 e. The van der Waals surface area contributed by atoms with Crippen LogP contribution in [-0.4, -0.2) is 18.4 Å². The third kappa shape index (κ3) is 5.11. The number of halogens is 1. The largest absolute Gasteiger partial charge is 0.351 e. The summed E-state index contributed by atoms with van der Waals surface area (Å²) in [6, 6.07) is 16.5. The lowest BCUT2D eigenvalue weighted by Crippen LogP contribution is -2.32. The second-order valence-electron chi connectivity index (χ2n) is 5.19. The molecule has 4 nitrogen and oxygen atoms in total. The molecular weight excluding hydrogens is 312 g/mol. The molecule has 0 aliphatic heterocycles. The van der Waals surface area contributed by atoms with Gasteiger partial charge in [0.15, 0.2) is 0 Å². The minimum Gasteiger partial charge on any atom is -0.351 e. The number of benzene rings is 2. The molecule has 0 unspecified atom stereocenters. The Kier molecular flexibility index (Phi) is 6.18. The monoisotopic (exact) mass is 330 g/mol. The van der Waals surface area contributed by atoms with Crippen LogP contribution in [0.4, 0.5) is 0 Å². The van der Waals surface area contributed by atoms with E-state index in [1.807, 2.05) is 37.3 Å². The summed E-state index contributed by atoms with van der Waals surface area (Å²) in [6.45, 7) is 2.19. The van der Waals surface area contributed by atoms with Crippen LogP contribution in [0.5, 0.6) is 0 Å². The molecule has 2 amide bonds. The van der Waals surface area contributed by atoms with E-state index in [1.54, 1.807) is 24.3 Å². The molecule has 0 saturated heterocycles. The summed E-state index contributed by atoms with van der Waals surface area (Å²) in [5, 5.41) is 6.00. The maximum absolute atomic E-state index is 12.0. The van der Waals surface area contributed by atoms with Crippen molar-refractivity contribution in [2.24, 2.45) is 0 Å². The number of carbonyl (C=O) groups excluding carboxylic acids is 2. The molecule has 0 aliphatic carbocycles. The van der Waals surface area contributed by atoms with Crippen molar-refractivity contribution < 1.29 is 9.59 Å². The molecule has 0 saturated carbocycles. The van der Waals surface area contributed by atoms with E-state index in [0.29, 0.717) is 10.6 Å². The number of hydrogen-bond donors (Lipinski definition) is 2. The van der Waals surface area contributed by atoms with Crippen molar-refractivity contribution in [1.29, 1.82) is 0 Å². The van der Waals surface area contributed by atoms with Crippen molar-refractivity contribution in [2.75, 3.05) is 6.54 Å². The molecule has 1 atom stereocenters. The number of nitrogens with one attached hydrogen (secondary N) is 2. The Balaban J connectivity index is 1.77. The van der Waals surface area contributed by atoms with E-state index in [4.69, 9.17) is 11.6 Å². The van der Waals surface area contributed by atoms with Gasteiger partial charge < -0.3 is 10.6 Å². The van der Waals surface area contributed by atoms with Gasteiger partial charge in [-0.05, 0) is 24.6 Å². The van der Waals surface area contributed by atoms with E-state index in [9.17, 15) is 9.59 Å². The van der Waals surface area contributed by atoms with Gasteiger partial charge in [-0.1, -0.05) is 54.1 Å². The maximum atomic E-state index is 12.0. The molecule has 0 aromatic heterocycles. The van der Waals surface area contributed by atoms with Crippen molar-refractivity contribution in [3.63, 3.8) is 0 Å². The summed E-state index contributed by atoms with van der Waals surface area (Å²) in [5.41, 5.74) is 1.45. The van der Waals surface area contributed by atoms with Crippen LogP contribution in [0.1, 0.15) is 35.3 Å². The predicted molar refractivity (Wildman–Crippen MR) is 91.4 cm³/mol. The zero-order chi connectivity index (χ0) is 16.7. The molecule has 120 valence electrons. The Morgan fingerprint density at radius 3 is 2.39 bits per heavy atom. The first-order valence-corrected chi connectivity index (χ1v) is 7.83. The lowest BCUT2D eigenvalue weighted by Gasteiger charge is -2.14. The summed E-state index contributed by atoms with van der Waals surface area (Å²) >= 11 is 5.96. The first-order valence-electron chi connectivity index (χ1n) is 7.45. The normalized spacial score (nSPS) is 11.6. The Morgan fingerprint density at radius 2 is 1.70 bits per heavy atom. The van der Waals surface area contributed by atoms with E-state index in [1.165, 1.54) is 0 Å². The Labute approximate surface area is 140 Å². The molecule has 0 spiro atoms. The fourth-order valence-electron chi connectivity index (χ4n) is 2.17. The first-order chi connectivity index (χ1) is 11.1. The Morgan fingerprint density at radius 1 is 1.04 bits per heavy atom. The molecule has 0 aliphatic rings. The average molecular weight is 331 g/mol. The lowest BCUT2D eigenvalue weighted by molar-refractivity contribution is -0.121. The van der Waals surface area contributed by atoms with Gasteiger partial charge in [-0.2, -0.15) is 0 Å². The van der Waals surface area contributed by atoms with Gasteiger partial charge in [0, 0.05) is 13.0 Å². The molecular formula is C18H19ClN2O2. The molecule has 2 N–H and O–H groups in total. The highest BCUT2D eigenvalue weighted by molar-refractivity contribution is 6.33. The Hall–Kier alpha value is -2.33. The van der Waals surface area contributed by atoms with Crippen LogP contribution < -0.4 is 10.6 Å². The first kappa shape index (κ1) is 17.0. The van der Waals surface area contributed by atoms with E-state index < -0.39 is 0 Å². The zero-order valence-corrected chi connectivity index (χ0v) is 13.6. The highest BCUT2D eigenvalue weighted by Gasteiger charge is 2.11. The lowest BCUT2D eigenvalue weighted by atomic mass is 10.1. The summed E-state index contributed by atoms with van der Waals surface area (Å²) in [4.78, 5) is 23.9. The van der Waals surface area contributed by atoms with Crippen LogP contribution in [0.15, 0.2) is 54.6 Å². The number of carbonyl (C=O) groups is 2. The second kappa shape index (κ2) is 8.34. The highest BCUT2D eigenvalue weighted by atomic mass is 35.5. The van der Waals surface area contributed by atoms with Crippen molar-refractivity contribution in [1.82, 2.24) is 10.6 Å². The molecule has 0 fully saturated rings. The van der Waals surface area contributed by atoms with E-state index in [0.717, 1.165) is 5.56 Å². The highest BCUT2D eigenvalue weighted by Crippen LogP contribution is 2.14. The van der Waals surface area contributed by atoms with E-state index >= 15 is 0 Å². The number of rotatable bonds is 6. The van der Waals surface area contributed by atoms with Gasteiger partial charge in [0.05, 0.1) is 16.6 Å². The molecule has 0 heterocycles. The van der Waals surface area contributed by atoms with Crippen LogP contribution in [0.3, 0.4) is 0 Å². The summed E-state index contributed by atoms with van der Waals surface area (Å²) < 4.78 is 0. The van der Waals surface area contributed by atoms with Crippen molar-refractivity contribution in [3.05, 3.63) is 70.7 Å². The topological polar surface area (TPSA) is 58.2 Å². The van der Waals surface area contributed by atoms with Gasteiger partial charge in [0.1, 0.15) is 0 Å². The van der Waals surface area contributed by atoms with Gasteiger partial charge in [0.25, 0.3) is 5.91 Å². The third-order valence-electron chi connectivity index (χ3n) is 3.43. The Bertz CT molecular complexity index is 674. The van der Waals surface area contributed by atoms with Crippen LogP contribution in [-0.2, 0) is 4.79 Å². The SMILES string of the molecule is C[C@H](NC(=O)CCNC(=O)c1ccccc1Cl)c1ccccc1. The fourth-order valence-corrected chi connectivity index (χ4v) is 2.39. The van der Waals surface area contributed by atoms with Gasteiger partial charge in [-0.25, -0.2) is 0 Å². The second-order valence-corrected chi connectivity index (χ2v) is 5.59. The summed E-state index contributed by atoms with van der Waals surface area (Å²) in [5.74, 6) is -0.389. The molecule has 0 radical (unpaired) electrons. The number of amides is 2. The molecule has 2 aromatic carbocycles. The van der Waals surface area contributed by atoms with Gasteiger partial charge in [-0.3, -0.25) is 9.59 Å². The molecule has 2 aromatic rings. The summed E-state index contributed by atoms with van der Waals surface area (Å²) in [6.07, 6.45) is 0.216. The van der Waals surface area contributed by atoms with Crippen LogP contribution in [0.2, 0.25) is 5.02 Å². The van der Waals surface area contributed by atoms with Crippen LogP contribution in [0.25, 0.3) is 0 Å². The minimum absolute atomic E-state index is 0.0667. The minimum atomic E-state index is -0.278. The van der Waals surface area contributed by atoms with Crippen molar-refractivity contribution in [3.8, 4) is 0 Å². The standard InChI is InChI=1S/C18H19ClN2O2/c1-13(14-7-3-2-4-8-14)21-17(22)11-12-20-18(23)15-9-5-6-10-16(15)19/h2-10,13H,11-12H2,1H3,(H,20,23)(H,21,22)/t13-/m0/s1. The zero-order valence-electron chi connectivity index (χ0n) is 12.9. The average Bonchev–Trinajstić information content (AvgIpc) is 2.56. The number of hydrogen-bond acceptors (Lipinski definition) is 2. The predicted octanol–water partition coefficient (Wildman–Crippen LogP) is 3.34. The summed E-state index contributed by atoms with van der Waals surface area (Å²) in [7, 11) is 0. The third-order valence-corrected chi connectivity index (χ3v) is 3.76. The van der Waals surface area contributed by atoms with Crippen molar-refractivity contribution >= 4 is 23.4 Å². The van der Waals surface area contributed by atoms with Gasteiger partial charge in [0.2, 0.25) is 5.91 Å². The molecule has 2 rings (SSSR count). The quantitative estimate of drug-likeness (QED) is 0.853. The van der Waals surface area contributed by atoms with Gasteiger partial charge in [-0.15, -0.1) is 0 Å². The van der Waals surface area contributed by atoms with Crippen molar-refractivity contribution in [2.45, 2.75) is 19.4 Å². The molecule has 0 bridgehead atoms. The molecule has 23 heavy (non-hydrogen) atoms. The van der Waals surface area contributed by atoms with Crippen LogP contribution in [0, 0.1) is 0 Å². The molecule has 5 heteroatoms. The van der Waals surface area contributed by atoms with Gasteiger partial charge >= 0.3 is 0 Å². The van der Waals surface area contributed by atoms with E-state index in [2.05, 4.69) is 10.6 Å². The fraction of sp³-hybridized carbons (Fsp3) is 0.222.